The van der Waals surface area contributed by atoms with Crippen molar-refractivity contribution in [2.45, 2.75) is 12.8 Å². The minimum absolute atomic E-state index is 0.220. The largest absolute Gasteiger partial charge is 0.339 e. The molecule has 0 fully saturated rings. The van der Waals surface area contributed by atoms with Gasteiger partial charge in [0.1, 0.15) is 5.82 Å². The number of nitriles is 1. The molecule has 0 N–H and O–H groups in total. The van der Waals surface area contributed by atoms with Gasteiger partial charge in [0, 0.05) is 18.4 Å². The molecule has 0 saturated heterocycles. The Bertz CT molecular complexity index is 576. The molecule has 1 aromatic carbocycles. The van der Waals surface area contributed by atoms with Crippen LogP contribution in [-0.4, -0.2) is 10.1 Å². The maximum absolute atomic E-state index is 12.9. The zero-order chi connectivity index (χ0) is 12.3. The average Bonchev–Trinajstić information content (AvgIpc) is 2.75. The number of hydrogen-bond donors (Lipinski definition) is 0. The molecular weight excluding hydrogens is 245 g/mol. The first-order valence-corrected chi connectivity index (χ1v) is 5.23. The predicted molar refractivity (Wildman–Crippen MR) is 58.6 cm³/mol. The number of benzene rings is 1. The quantitative estimate of drug-likeness (QED) is 0.841. The highest BCUT2D eigenvalue weighted by Gasteiger charge is 2.12. The second kappa shape index (κ2) is 4.93. The molecule has 86 valence electrons. The van der Waals surface area contributed by atoms with E-state index >= 15 is 0 Å². The lowest BCUT2D eigenvalue weighted by molar-refractivity contribution is 0.380. The van der Waals surface area contributed by atoms with Crippen LogP contribution < -0.4 is 0 Å². The van der Waals surface area contributed by atoms with E-state index in [1.807, 2.05) is 6.07 Å². The first-order valence-electron chi connectivity index (χ1n) is 4.85. The molecule has 1 aromatic heterocycles. The van der Waals surface area contributed by atoms with Crippen LogP contribution in [-0.2, 0) is 6.42 Å². The molecule has 0 atom stereocenters. The van der Waals surface area contributed by atoms with Crippen LogP contribution in [0.25, 0.3) is 11.4 Å². The molecule has 2 rings (SSSR count). The number of aryl methyl sites for hydroxylation is 1. The van der Waals surface area contributed by atoms with Crippen molar-refractivity contribution in [3.63, 3.8) is 0 Å². The predicted octanol–water partition coefficient (Wildman–Crippen LogP) is 2.99. The Hall–Kier alpha value is -1.93. The van der Waals surface area contributed by atoms with Crippen LogP contribution in [0.4, 0.5) is 4.39 Å². The van der Waals surface area contributed by atoms with Crippen molar-refractivity contribution >= 4 is 11.6 Å². The Morgan fingerprint density at radius 2 is 2.29 bits per heavy atom. The van der Waals surface area contributed by atoms with Crippen molar-refractivity contribution < 1.29 is 8.91 Å². The monoisotopic (exact) mass is 251 g/mol. The Morgan fingerprint density at radius 1 is 1.47 bits per heavy atom. The van der Waals surface area contributed by atoms with E-state index in [4.69, 9.17) is 21.4 Å². The summed E-state index contributed by atoms with van der Waals surface area (Å²) in [6, 6.07) is 5.92. The second-order valence-electron chi connectivity index (χ2n) is 3.29. The van der Waals surface area contributed by atoms with Gasteiger partial charge in [0.2, 0.25) is 11.7 Å². The smallest absolute Gasteiger partial charge is 0.227 e. The first kappa shape index (κ1) is 11.6. The summed E-state index contributed by atoms with van der Waals surface area (Å²) in [5.74, 6) is 0.233. The molecule has 0 aliphatic heterocycles. The summed E-state index contributed by atoms with van der Waals surface area (Å²) in [6.07, 6.45) is 0.696. The van der Waals surface area contributed by atoms with Crippen molar-refractivity contribution in [3.05, 3.63) is 34.9 Å². The lowest BCUT2D eigenvalue weighted by Gasteiger charge is -1.97. The van der Waals surface area contributed by atoms with E-state index in [2.05, 4.69) is 10.1 Å². The molecule has 0 radical (unpaired) electrons. The van der Waals surface area contributed by atoms with Gasteiger partial charge in [-0.15, -0.1) is 0 Å². The molecule has 0 unspecified atom stereocenters. The molecule has 0 bridgehead atoms. The van der Waals surface area contributed by atoms with Crippen molar-refractivity contribution in [1.82, 2.24) is 10.1 Å². The Balaban J connectivity index is 2.28. The van der Waals surface area contributed by atoms with E-state index in [1.54, 1.807) is 0 Å². The molecule has 2 aromatic rings. The van der Waals surface area contributed by atoms with Crippen LogP contribution in [0.1, 0.15) is 12.3 Å². The minimum atomic E-state index is -0.424. The summed E-state index contributed by atoms with van der Waals surface area (Å²) in [5.41, 5.74) is 0.500. The third-order valence-electron chi connectivity index (χ3n) is 2.09. The molecule has 0 spiro atoms. The maximum Gasteiger partial charge on any atom is 0.227 e. The fourth-order valence-electron chi connectivity index (χ4n) is 1.30. The highest BCUT2D eigenvalue weighted by molar-refractivity contribution is 6.33. The number of aromatic nitrogens is 2. The second-order valence-corrected chi connectivity index (χ2v) is 3.70. The Kier molecular flexibility index (Phi) is 3.35. The standard InChI is InChI=1S/C11H7ClFN3O/c12-9-6-7(13)3-4-8(9)11-15-10(17-16-11)2-1-5-14/h3-4,6H,1-2H2. The van der Waals surface area contributed by atoms with E-state index in [0.717, 1.165) is 0 Å². The Labute approximate surface area is 102 Å². The van der Waals surface area contributed by atoms with Gasteiger partial charge in [-0.25, -0.2) is 4.39 Å². The van der Waals surface area contributed by atoms with Gasteiger partial charge in [0.25, 0.3) is 0 Å². The number of hydrogen-bond acceptors (Lipinski definition) is 4. The fraction of sp³-hybridized carbons (Fsp3) is 0.182. The van der Waals surface area contributed by atoms with Crippen LogP contribution in [0.5, 0.6) is 0 Å². The number of halogens is 2. The molecule has 0 amide bonds. The lowest BCUT2D eigenvalue weighted by Crippen LogP contribution is -1.86. The van der Waals surface area contributed by atoms with Gasteiger partial charge in [0.05, 0.1) is 11.1 Å². The van der Waals surface area contributed by atoms with E-state index in [9.17, 15) is 4.39 Å². The zero-order valence-corrected chi connectivity index (χ0v) is 9.41. The third-order valence-corrected chi connectivity index (χ3v) is 2.40. The third kappa shape index (κ3) is 2.60. The van der Waals surface area contributed by atoms with E-state index in [-0.39, 0.29) is 5.02 Å². The summed E-state index contributed by atoms with van der Waals surface area (Å²) in [5, 5.41) is 12.4. The van der Waals surface area contributed by atoms with Crippen molar-refractivity contribution in [2.75, 3.05) is 0 Å². The highest BCUT2D eigenvalue weighted by Crippen LogP contribution is 2.26. The maximum atomic E-state index is 12.9. The lowest BCUT2D eigenvalue weighted by atomic mass is 10.2. The summed E-state index contributed by atoms with van der Waals surface area (Å²) in [4.78, 5) is 4.07. The van der Waals surface area contributed by atoms with E-state index in [1.165, 1.54) is 18.2 Å². The van der Waals surface area contributed by atoms with Gasteiger partial charge < -0.3 is 4.52 Å². The van der Waals surface area contributed by atoms with Crippen molar-refractivity contribution in [3.8, 4) is 17.5 Å². The molecule has 1 heterocycles. The molecule has 0 aliphatic rings. The summed E-state index contributed by atoms with van der Waals surface area (Å²) in [7, 11) is 0. The molecular formula is C11H7ClFN3O. The van der Waals surface area contributed by atoms with E-state index < -0.39 is 5.82 Å². The van der Waals surface area contributed by atoms with Crippen molar-refractivity contribution in [1.29, 1.82) is 5.26 Å². The molecule has 17 heavy (non-hydrogen) atoms. The average molecular weight is 252 g/mol. The number of rotatable bonds is 3. The zero-order valence-electron chi connectivity index (χ0n) is 8.65. The topological polar surface area (TPSA) is 62.7 Å². The summed E-state index contributed by atoms with van der Waals surface area (Å²) < 4.78 is 17.8. The van der Waals surface area contributed by atoms with Crippen LogP contribution in [0, 0.1) is 17.1 Å². The normalized spacial score (nSPS) is 10.2. The van der Waals surface area contributed by atoms with Crippen LogP contribution in [0.15, 0.2) is 22.7 Å². The SMILES string of the molecule is N#CCCc1nc(-c2ccc(F)cc2Cl)no1. The fourth-order valence-corrected chi connectivity index (χ4v) is 1.55. The van der Waals surface area contributed by atoms with Crippen molar-refractivity contribution in [2.24, 2.45) is 0 Å². The summed E-state index contributed by atoms with van der Waals surface area (Å²) in [6.45, 7) is 0. The molecule has 4 nitrogen and oxygen atoms in total. The van der Waals surface area contributed by atoms with Gasteiger partial charge in [-0.3, -0.25) is 0 Å². The summed E-state index contributed by atoms with van der Waals surface area (Å²) >= 11 is 5.86. The van der Waals surface area contributed by atoms with Crippen LogP contribution >= 0.6 is 11.6 Å². The molecule has 6 heteroatoms. The highest BCUT2D eigenvalue weighted by atomic mass is 35.5. The van der Waals surface area contributed by atoms with Gasteiger partial charge in [0.15, 0.2) is 0 Å². The Morgan fingerprint density at radius 3 is 3.00 bits per heavy atom. The molecule has 0 saturated carbocycles. The van der Waals surface area contributed by atoms with Gasteiger partial charge >= 0.3 is 0 Å². The molecule has 0 aliphatic carbocycles. The van der Waals surface area contributed by atoms with Gasteiger partial charge in [-0.05, 0) is 18.2 Å². The minimum Gasteiger partial charge on any atom is -0.339 e. The van der Waals surface area contributed by atoms with Gasteiger partial charge in [-0.1, -0.05) is 16.8 Å². The number of nitrogens with zero attached hydrogens (tertiary/aromatic N) is 3. The van der Waals surface area contributed by atoms with Crippen LogP contribution in [0.2, 0.25) is 5.02 Å². The van der Waals surface area contributed by atoms with E-state index in [0.29, 0.717) is 30.1 Å². The van der Waals surface area contributed by atoms with Gasteiger partial charge in [-0.2, -0.15) is 10.2 Å². The first-order chi connectivity index (χ1) is 8.20. The van der Waals surface area contributed by atoms with Crippen LogP contribution in [0.3, 0.4) is 0 Å².